The van der Waals surface area contributed by atoms with E-state index in [0.29, 0.717) is 0 Å². The minimum Gasteiger partial charge on any atom is -0.485 e. The molecule has 6 heteroatoms. The number of benzene rings is 1. The Morgan fingerprint density at radius 3 is 2.80 bits per heavy atom. The standard InChI is InChI=1S/C9H7ClFNO3/c1-6(10)5-15-9-3-2-7(12(13)14)4-8(9)11/h2-4H,1,5H2. The van der Waals surface area contributed by atoms with Crippen molar-refractivity contribution in [3.63, 3.8) is 0 Å². The van der Waals surface area contributed by atoms with E-state index in [4.69, 9.17) is 16.3 Å². The van der Waals surface area contributed by atoms with Crippen molar-refractivity contribution >= 4 is 17.3 Å². The Balaban J connectivity index is 2.83. The van der Waals surface area contributed by atoms with Crippen molar-refractivity contribution in [2.75, 3.05) is 6.61 Å². The molecule has 0 saturated carbocycles. The summed E-state index contributed by atoms with van der Waals surface area (Å²) in [5.41, 5.74) is -0.329. The average molecular weight is 232 g/mol. The van der Waals surface area contributed by atoms with Gasteiger partial charge in [-0.25, -0.2) is 4.39 Å². The van der Waals surface area contributed by atoms with E-state index in [1.54, 1.807) is 0 Å². The number of non-ortho nitro benzene ring substituents is 1. The Kier molecular flexibility index (Phi) is 3.62. The van der Waals surface area contributed by atoms with Gasteiger partial charge in [0.15, 0.2) is 11.6 Å². The molecule has 0 bridgehead atoms. The number of rotatable bonds is 4. The molecule has 0 spiro atoms. The maximum Gasteiger partial charge on any atom is 0.272 e. The lowest BCUT2D eigenvalue weighted by molar-refractivity contribution is -0.385. The monoisotopic (exact) mass is 231 g/mol. The van der Waals surface area contributed by atoms with Crippen molar-refractivity contribution in [1.82, 2.24) is 0 Å². The van der Waals surface area contributed by atoms with Crippen LogP contribution >= 0.6 is 11.6 Å². The molecular formula is C9H7ClFNO3. The van der Waals surface area contributed by atoms with Crippen LogP contribution in [0.5, 0.6) is 5.75 Å². The highest BCUT2D eigenvalue weighted by molar-refractivity contribution is 6.29. The van der Waals surface area contributed by atoms with Gasteiger partial charge in [0.05, 0.1) is 11.0 Å². The van der Waals surface area contributed by atoms with E-state index in [1.807, 2.05) is 0 Å². The Hall–Kier alpha value is -1.62. The topological polar surface area (TPSA) is 52.4 Å². The molecule has 1 aromatic carbocycles. The van der Waals surface area contributed by atoms with Crippen LogP contribution in [0.25, 0.3) is 0 Å². The minimum atomic E-state index is -0.804. The summed E-state index contributed by atoms with van der Waals surface area (Å²) in [5, 5.41) is 10.5. The fourth-order valence-electron chi connectivity index (χ4n) is 0.876. The molecule has 4 nitrogen and oxygen atoms in total. The van der Waals surface area contributed by atoms with Gasteiger partial charge in [-0.2, -0.15) is 0 Å². The summed E-state index contributed by atoms with van der Waals surface area (Å²) < 4.78 is 18.1. The third-order valence-electron chi connectivity index (χ3n) is 1.51. The quantitative estimate of drug-likeness (QED) is 0.591. The molecule has 1 rings (SSSR count). The van der Waals surface area contributed by atoms with Crippen LogP contribution in [-0.2, 0) is 0 Å². The van der Waals surface area contributed by atoms with Gasteiger partial charge in [-0.3, -0.25) is 10.1 Å². The van der Waals surface area contributed by atoms with Crippen molar-refractivity contribution in [2.45, 2.75) is 0 Å². The normalized spacial score (nSPS) is 9.73. The maximum absolute atomic E-state index is 13.2. The highest BCUT2D eigenvalue weighted by Gasteiger charge is 2.11. The first-order valence-electron chi connectivity index (χ1n) is 3.90. The summed E-state index contributed by atoms with van der Waals surface area (Å²) in [5.74, 6) is -0.899. The zero-order valence-electron chi connectivity index (χ0n) is 7.57. The van der Waals surface area contributed by atoms with Crippen LogP contribution in [-0.4, -0.2) is 11.5 Å². The fraction of sp³-hybridized carbons (Fsp3) is 0.111. The molecule has 15 heavy (non-hydrogen) atoms. The number of nitrogens with zero attached hydrogens (tertiary/aromatic N) is 1. The zero-order valence-corrected chi connectivity index (χ0v) is 8.33. The first-order chi connectivity index (χ1) is 7.00. The van der Waals surface area contributed by atoms with Crippen LogP contribution in [0.3, 0.4) is 0 Å². The summed E-state index contributed by atoms with van der Waals surface area (Å²) in [6, 6.07) is 3.11. The molecule has 0 atom stereocenters. The lowest BCUT2D eigenvalue weighted by Gasteiger charge is -2.05. The molecule has 0 radical (unpaired) electrons. The molecule has 1 aromatic rings. The summed E-state index contributed by atoms with van der Waals surface area (Å²) >= 11 is 5.41. The molecule has 0 aliphatic rings. The van der Waals surface area contributed by atoms with E-state index in [-0.39, 0.29) is 23.1 Å². The second-order valence-electron chi connectivity index (χ2n) is 2.68. The van der Waals surface area contributed by atoms with E-state index in [0.717, 1.165) is 12.1 Å². The summed E-state index contributed by atoms with van der Waals surface area (Å²) in [6.45, 7) is 3.31. The van der Waals surface area contributed by atoms with Gasteiger partial charge in [0, 0.05) is 11.1 Å². The molecule has 0 aromatic heterocycles. The fourth-order valence-corrected chi connectivity index (χ4v) is 0.931. The molecule has 0 saturated heterocycles. The Labute approximate surface area is 90.1 Å². The van der Waals surface area contributed by atoms with Crippen molar-refractivity contribution in [3.8, 4) is 5.75 Å². The van der Waals surface area contributed by atoms with Crippen LogP contribution in [0.1, 0.15) is 0 Å². The third kappa shape index (κ3) is 3.21. The van der Waals surface area contributed by atoms with Gasteiger partial charge >= 0.3 is 0 Å². The lowest BCUT2D eigenvalue weighted by atomic mass is 10.3. The number of halogens is 2. The van der Waals surface area contributed by atoms with Crippen LogP contribution in [0.15, 0.2) is 29.8 Å². The van der Waals surface area contributed by atoms with E-state index in [9.17, 15) is 14.5 Å². The van der Waals surface area contributed by atoms with Gasteiger partial charge < -0.3 is 4.74 Å². The Morgan fingerprint density at radius 1 is 1.67 bits per heavy atom. The van der Waals surface area contributed by atoms with Crippen molar-refractivity contribution in [1.29, 1.82) is 0 Å². The van der Waals surface area contributed by atoms with E-state index in [2.05, 4.69) is 6.58 Å². The highest BCUT2D eigenvalue weighted by Crippen LogP contribution is 2.22. The Morgan fingerprint density at radius 2 is 2.33 bits per heavy atom. The van der Waals surface area contributed by atoms with Gasteiger partial charge in [0.25, 0.3) is 5.69 Å². The minimum absolute atomic E-state index is 0.0454. The maximum atomic E-state index is 13.2. The van der Waals surface area contributed by atoms with Gasteiger partial charge in [-0.15, -0.1) is 0 Å². The smallest absolute Gasteiger partial charge is 0.272 e. The van der Waals surface area contributed by atoms with Gasteiger partial charge in [0.2, 0.25) is 0 Å². The van der Waals surface area contributed by atoms with Crippen molar-refractivity contribution in [3.05, 3.63) is 45.7 Å². The van der Waals surface area contributed by atoms with E-state index < -0.39 is 10.7 Å². The predicted octanol–water partition coefficient (Wildman–Crippen LogP) is 2.87. The molecule has 0 amide bonds. The van der Waals surface area contributed by atoms with E-state index >= 15 is 0 Å². The molecule has 0 fully saturated rings. The highest BCUT2D eigenvalue weighted by atomic mass is 35.5. The molecule has 0 heterocycles. The summed E-state index contributed by atoms with van der Waals surface area (Å²) in [6.07, 6.45) is 0. The van der Waals surface area contributed by atoms with Gasteiger partial charge in [-0.05, 0) is 6.07 Å². The number of hydrogen-bond acceptors (Lipinski definition) is 3. The first-order valence-corrected chi connectivity index (χ1v) is 4.28. The van der Waals surface area contributed by atoms with Crippen molar-refractivity contribution < 1.29 is 14.1 Å². The largest absolute Gasteiger partial charge is 0.485 e. The molecular weight excluding hydrogens is 225 g/mol. The lowest BCUT2D eigenvalue weighted by Crippen LogP contribution is -1.99. The number of nitro groups is 1. The van der Waals surface area contributed by atoms with Gasteiger partial charge in [-0.1, -0.05) is 18.2 Å². The predicted molar refractivity (Wildman–Crippen MR) is 53.5 cm³/mol. The number of ether oxygens (including phenoxy) is 1. The first kappa shape index (κ1) is 11.5. The molecule has 0 unspecified atom stereocenters. The average Bonchev–Trinajstić information content (AvgIpc) is 2.15. The van der Waals surface area contributed by atoms with Crippen molar-refractivity contribution in [2.24, 2.45) is 0 Å². The van der Waals surface area contributed by atoms with Crippen LogP contribution < -0.4 is 4.74 Å². The molecule has 0 aliphatic heterocycles. The number of hydrogen-bond donors (Lipinski definition) is 0. The summed E-state index contributed by atoms with van der Waals surface area (Å²) in [7, 11) is 0. The SMILES string of the molecule is C=C(Cl)COc1ccc([N+](=O)[O-])cc1F. The third-order valence-corrected chi connectivity index (χ3v) is 1.62. The zero-order chi connectivity index (χ0) is 11.4. The molecule has 80 valence electrons. The number of nitro benzene ring substituents is 1. The van der Waals surface area contributed by atoms with Crippen LogP contribution in [0.2, 0.25) is 0 Å². The van der Waals surface area contributed by atoms with Crippen LogP contribution in [0.4, 0.5) is 10.1 Å². The van der Waals surface area contributed by atoms with Crippen LogP contribution in [0, 0.1) is 15.9 Å². The Bertz CT molecular complexity index is 408. The second-order valence-corrected chi connectivity index (χ2v) is 3.21. The second kappa shape index (κ2) is 4.75. The molecule has 0 aliphatic carbocycles. The van der Waals surface area contributed by atoms with E-state index in [1.165, 1.54) is 6.07 Å². The molecule has 0 N–H and O–H groups in total. The van der Waals surface area contributed by atoms with Gasteiger partial charge in [0.1, 0.15) is 6.61 Å². The summed E-state index contributed by atoms with van der Waals surface area (Å²) in [4.78, 5) is 9.61.